The van der Waals surface area contributed by atoms with E-state index < -0.39 is 0 Å². The van der Waals surface area contributed by atoms with Gasteiger partial charge in [-0.1, -0.05) is 25.1 Å². The van der Waals surface area contributed by atoms with E-state index in [-0.39, 0.29) is 5.91 Å². The van der Waals surface area contributed by atoms with Gasteiger partial charge >= 0.3 is 0 Å². The van der Waals surface area contributed by atoms with Gasteiger partial charge in [0.05, 0.1) is 5.56 Å². The topological polar surface area (TPSA) is 38.4 Å². The van der Waals surface area contributed by atoms with E-state index in [1.807, 2.05) is 36.2 Å². The van der Waals surface area contributed by atoms with Crippen LogP contribution in [0.3, 0.4) is 0 Å². The number of aromatic nitrogens is 1. The standard InChI is InChI=1S/C22H26N2O2/c1-5-20-19(17-8-6-7-9-21(17)26-20)13-23(4)22(25)18-12-14(2)24(15(18)3)16-10-11-16/h6-9,12,16H,5,10-11,13H2,1-4H3. The van der Waals surface area contributed by atoms with E-state index in [0.29, 0.717) is 12.6 Å². The zero-order valence-corrected chi connectivity index (χ0v) is 16.0. The number of rotatable bonds is 5. The largest absolute Gasteiger partial charge is 0.461 e. The van der Waals surface area contributed by atoms with E-state index in [1.165, 1.54) is 18.5 Å². The number of aryl methyl sites for hydroxylation is 2. The highest BCUT2D eigenvalue weighted by Gasteiger charge is 2.29. The molecular formula is C22H26N2O2. The first-order valence-electron chi connectivity index (χ1n) is 9.44. The summed E-state index contributed by atoms with van der Waals surface area (Å²) in [5, 5.41) is 1.10. The van der Waals surface area contributed by atoms with E-state index in [9.17, 15) is 4.79 Å². The normalized spacial score (nSPS) is 14.2. The van der Waals surface area contributed by atoms with Crippen molar-refractivity contribution in [1.29, 1.82) is 0 Å². The van der Waals surface area contributed by atoms with Gasteiger partial charge in [-0.3, -0.25) is 4.79 Å². The van der Waals surface area contributed by atoms with Crippen molar-refractivity contribution in [1.82, 2.24) is 9.47 Å². The summed E-state index contributed by atoms with van der Waals surface area (Å²) in [5.74, 6) is 1.05. The van der Waals surface area contributed by atoms with Gasteiger partial charge in [0.1, 0.15) is 11.3 Å². The Morgan fingerprint density at radius 3 is 2.69 bits per heavy atom. The Hall–Kier alpha value is -2.49. The van der Waals surface area contributed by atoms with E-state index >= 15 is 0 Å². The third kappa shape index (κ3) is 2.74. The minimum absolute atomic E-state index is 0.0809. The van der Waals surface area contributed by atoms with Crippen molar-refractivity contribution in [2.24, 2.45) is 0 Å². The second kappa shape index (κ2) is 6.35. The maximum Gasteiger partial charge on any atom is 0.255 e. The van der Waals surface area contributed by atoms with Gasteiger partial charge < -0.3 is 13.9 Å². The fraction of sp³-hybridized carbons (Fsp3) is 0.409. The van der Waals surface area contributed by atoms with Crippen LogP contribution in [-0.4, -0.2) is 22.4 Å². The average Bonchev–Trinajstić information content (AvgIpc) is 3.34. The second-order valence-corrected chi connectivity index (χ2v) is 7.40. The summed E-state index contributed by atoms with van der Waals surface area (Å²) in [5.41, 5.74) is 5.11. The summed E-state index contributed by atoms with van der Waals surface area (Å²) in [6.45, 7) is 6.82. The summed E-state index contributed by atoms with van der Waals surface area (Å²) in [6, 6.07) is 10.7. The number of carbonyl (C=O) groups excluding carboxylic acids is 1. The highest BCUT2D eigenvalue weighted by atomic mass is 16.3. The molecule has 0 atom stereocenters. The fourth-order valence-electron chi connectivity index (χ4n) is 4.01. The zero-order valence-electron chi connectivity index (χ0n) is 16.0. The Kier molecular flexibility index (Phi) is 4.14. The predicted molar refractivity (Wildman–Crippen MR) is 104 cm³/mol. The molecule has 0 spiro atoms. The molecule has 136 valence electrons. The summed E-state index contributed by atoms with van der Waals surface area (Å²) in [7, 11) is 1.88. The number of amides is 1. The number of hydrogen-bond acceptors (Lipinski definition) is 2. The number of hydrogen-bond donors (Lipinski definition) is 0. The van der Waals surface area contributed by atoms with Crippen molar-refractivity contribution in [3.05, 3.63) is 58.6 Å². The van der Waals surface area contributed by atoms with Crippen molar-refractivity contribution in [2.45, 2.75) is 52.6 Å². The Morgan fingerprint density at radius 1 is 1.27 bits per heavy atom. The Balaban J connectivity index is 1.64. The molecule has 0 bridgehead atoms. The van der Waals surface area contributed by atoms with Gasteiger partial charge in [0.25, 0.3) is 5.91 Å². The van der Waals surface area contributed by atoms with Gasteiger partial charge in [-0.15, -0.1) is 0 Å². The van der Waals surface area contributed by atoms with Crippen LogP contribution in [0.2, 0.25) is 0 Å². The van der Waals surface area contributed by atoms with Crippen molar-refractivity contribution in [2.75, 3.05) is 7.05 Å². The van der Waals surface area contributed by atoms with Crippen molar-refractivity contribution >= 4 is 16.9 Å². The van der Waals surface area contributed by atoms with Crippen molar-refractivity contribution in [3.63, 3.8) is 0 Å². The van der Waals surface area contributed by atoms with Gasteiger partial charge in [-0.05, 0) is 38.8 Å². The summed E-state index contributed by atoms with van der Waals surface area (Å²) in [6.07, 6.45) is 3.27. The minimum Gasteiger partial charge on any atom is -0.461 e. The lowest BCUT2D eigenvalue weighted by Crippen LogP contribution is -2.27. The van der Waals surface area contributed by atoms with Crippen LogP contribution < -0.4 is 0 Å². The molecule has 4 heteroatoms. The molecular weight excluding hydrogens is 324 g/mol. The molecule has 1 aliphatic carbocycles. The van der Waals surface area contributed by atoms with Crippen LogP contribution in [0, 0.1) is 13.8 Å². The molecule has 1 fully saturated rings. The molecule has 0 N–H and O–H groups in total. The lowest BCUT2D eigenvalue weighted by molar-refractivity contribution is 0.0784. The number of nitrogens with zero attached hydrogens (tertiary/aromatic N) is 2. The predicted octanol–water partition coefficient (Wildman–Crippen LogP) is 5.02. The maximum atomic E-state index is 13.1. The number of furan rings is 1. The third-order valence-corrected chi connectivity index (χ3v) is 5.47. The summed E-state index contributed by atoms with van der Waals surface area (Å²) >= 11 is 0. The highest BCUT2D eigenvalue weighted by Crippen LogP contribution is 2.38. The lowest BCUT2D eigenvalue weighted by atomic mass is 10.1. The molecule has 4 nitrogen and oxygen atoms in total. The number of fused-ring (bicyclic) bond motifs is 1. The first kappa shape index (κ1) is 17.0. The molecule has 0 unspecified atom stereocenters. The van der Waals surface area contributed by atoms with Gasteiger partial charge in [-0.25, -0.2) is 0 Å². The SMILES string of the molecule is CCc1oc2ccccc2c1CN(C)C(=O)c1cc(C)n(C2CC2)c1C. The number of para-hydroxylation sites is 1. The average molecular weight is 350 g/mol. The van der Waals surface area contributed by atoms with Crippen molar-refractivity contribution < 1.29 is 9.21 Å². The van der Waals surface area contributed by atoms with Crippen LogP contribution in [0.15, 0.2) is 34.7 Å². The third-order valence-electron chi connectivity index (χ3n) is 5.47. The molecule has 1 amide bonds. The lowest BCUT2D eigenvalue weighted by Gasteiger charge is -2.18. The Labute approximate surface area is 154 Å². The highest BCUT2D eigenvalue weighted by molar-refractivity contribution is 5.96. The molecule has 1 aliphatic rings. The van der Waals surface area contributed by atoms with Crippen LogP contribution in [0.5, 0.6) is 0 Å². The fourth-order valence-corrected chi connectivity index (χ4v) is 4.01. The number of carbonyl (C=O) groups is 1. The molecule has 0 saturated heterocycles. The Bertz CT molecular complexity index is 976. The van der Waals surface area contributed by atoms with Gasteiger partial charge in [0, 0.05) is 48.4 Å². The smallest absolute Gasteiger partial charge is 0.255 e. The monoisotopic (exact) mass is 350 g/mol. The first-order chi connectivity index (χ1) is 12.5. The van der Waals surface area contributed by atoms with Crippen LogP contribution in [0.1, 0.15) is 58.9 Å². The molecule has 4 rings (SSSR count). The molecule has 3 aromatic rings. The van der Waals surface area contributed by atoms with Crippen LogP contribution in [-0.2, 0) is 13.0 Å². The summed E-state index contributed by atoms with van der Waals surface area (Å²) < 4.78 is 8.30. The molecule has 2 heterocycles. The molecule has 2 aromatic heterocycles. The van der Waals surface area contributed by atoms with Gasteiger partial charge in [0.15, 0.2) is 0 Å². The number of benzene rings is 1. The quantitative estimate of drug-likeness (QED) is 0.648. The molecule has 1 aromatic carbocycles. The maximum absolute atomic E-state index is 13.1. The summed E-state index contributed by atoms with van der Waals surface area (Å²) in [4.78, 5) is 14.9. The van der Waals surface area contributed by atoms with Gasteiger partial charge in [-0.2, -0.15) is 0 Å². The molecule has 0 aliphatic heterocycles. The van der Waals surface area contributed by atoms with E-state index in [2.05, 4.69) is 31.4 Å². The van der Waals surface area contributed by atoms with E-state index in [4.69, 9.17) is 4.42 Å². The first-order valence-corrected chi connectivity index (χ1v) is 9.44. The zero-order chi connectivity index (χ0) is 18.4. The van der Waals surface area contributed by atoms with Gasteiger partial charge in [0.2, 0.25) is 0 Å². The Morgan fingerprint density at radius 2 is 2.00 bits per heavy atom. The van der Waals surface area contributed by atoms with E-state index in [1.54, 1.807) is 0 Å². The van der Waals surface area contributed by atoms with Crippen molar-refractivity contribution in [3.8, 4) is 0 Å². The van der Waals surface area contributed by atoms with Crippen LogP contribution in [0.4, 0.5) is 0 Å². The van der Waals surface area contributed by atoms with E-state index in [0.717, 1.165) is 40.0 Å². The molecule has 1 saturated carbocycles. The molecule has 26 heavy (non-hydrogen) atoms. The second-order valence-electron chi connectivity index (χ2n) is 7.40. The van der Waals surface area contributed by atoms with Crippen LogP contribution >= 0.6 is 0 Å². The van der Waals surface area contributed by atoms with Crippen LogP contribution in [0.25, 0.3) is 11.0 Å². The minimum atomic E-state index is 0.0809. The molecule has 0 radical (unpaired) electrons.